The van der Waals surface area contributed by atoms with Crippen LogP contribution in [0.25, 0.3) is 0 Å². The van der Waals surface area contributed by atoms with E-state index >= 15 is 0 Å². The fraction of sp³-hybridized carbons (Fsp3) is 0.429. The van der Waals surface area contributed by atoms with Crippen LogP contribution in [0.3, 0.4) is 0 Å². The number of likely N-dealkylation sites (tertiary alicyclic amines) is 1. The van der Waals surface area contributed by atoms with Gasteiger partial charge in [0.1, 0.15) is 23.9 Å². The summed E-state index contributed by atoms with van der Waals surface area (Å²) < 4.78 is 81.5. The van der Waals surface area contributed by atoms with Crippen LogP contribution in [0.4, 0.5) is 13.2 Å². The lowest BCUT2D eigenvalue weighted by Gasteiger charge is -2.26. The number of methoxy groups -OCH3 is 1. The predicted octanol–water partition coefficient (Wildman–Crippen LogP) is 4.58. The molecule has 1 aliphatic heterocycles. The van der Waals surface area contributed by atoms with Crippen molar-refractivity contribution in [1.29, 1.82) is 0 Å². The smallest absolute Gasteiger partial charge is 0.497 e. The molecule has 2 aromatic rings. The topological polar surface area (TPSA) is 74.3 Å². The number of hydrogen-bond acceptors (Lipinski definition) is 7. The summed E-state index contributed by atoms with van der Waals surface area (Å²) in [6.45, 7) is 3.52. The first-order valence-corrected chi connectivity index (χ1v) is 11.4. The van der Waals surface area contributed by atoms with Crippen LogP contribution in [0.15, 0.2) is 42.5 Å². The first-order chi connectivity index (χ1) is 15.2. The summed E-state index contributed by atoms with van der Waals surface area (Å²) in [5.41, 5.74) is -5.58. The molecule has 0 spiro atoms. The van der Waals surface area contributed by atoms with Crippen LogP contribution in [0, 0.1) is 0 Å². The number of hydrogen-bond donors (Lipinski definition) is 0. The Labute approximate surface area is 184 Å². The molecule has 2 aromatic carbocycles. The number of nitrogens with zero attached hydrogens (tertiary/aromatic N) is 1. The lowest BCUT2D eigenvalue weighted by Crippen LogP contribution is -2.33. The maximum absolute atomic E-state index is 12.7. The zero-order valence-corrected chi connectivity index (χ0v) is 18.2. The highest BCUT2D eigenvalue weighted by Crippen LogP contribution is 2.38. The predicted molar refractivity (Wildman–Crippen MR) is 111 cm³/mol. The van der Waals surface area contributed by atoms with Gasteiger partial charge in [-0.05, 0) is 62.3 Å². The molecule has 0 aromatic heterocycles. The van der Waals surface area contributed by atoms with E-state index in [2.05, 4.69) is 9.08 Å². The number of piperidine rings is 1. The largest absolute Gasteiger partial charge is 0.534 e. The van der Waals surface area contributed by atoms with Gasteiger partial charge >= 0.3 is 15.6 Å². The van der Waals surface area contributed by atoms with Gasteiger partial charge in [0, 0.05) is 12.6 Å². The molecule has 7 nitrogen and oxygen atoms in total. The molecule has 1 aliphatic rings. The molecule has 0 bridgehead atoms. The maximum Gasteiger partial charge on any atom is 0.534 e. The fourth-order valence-electron chi connectivity index (χ4n) is 3.14. The van der Waals surface area contributed by atoms with E-state index in [0.29, 0.717) is 12.4 Å². The van der Waals surface area contributed by atoms with Gasteiger partial charge in [-0.15, -0.1) is 0 Å². The molecule has 0 amide bonds. The van der Waals surface area contributed by atoms with Crippen molar-refractivity contribution in [2.45, 2.75) is 24.8 Å². The highest BCUT2D eigenvalue weighted by molar-refractivity contribution is 7.88. The second-order valence-electron chi connectivity index (χ2n) is 7.12. The van der Waals surface area contributed by atoms with Crippen LogP contribution < -0.4 is 18.4 Å². The zero-order valence-electron chi connectivity index (χ0n) is 17.4. The average Bonchev–Trinajstić information content (AvgIpc) is 2.76. The zero-order chi connectivity index (χ0) is 23.2. The highest BCUT2D eigenvalue weighted by Gasteiger charge is 2.49. The molecule has 0 unspecified atom stereocenters. The Bertz CT molecular complexity index is 990. The molecule has 176 valence electrons. The summed E-state index contributed by atoms with van der Waals surface area (Å²) >= 11 is 0. The molecule has 32 heavy (non-hydrogen) atoms. The van der Waals surface area contributed by atoms with Crippen LogP contribution in [0.2, 0.25) is 0 Å². The number of benzene rings is 2. The number of alkyl halides is 3. The van der Waals surface area contributed by atoms with Crippen molar-refractivity contribution in [1.82, 2.24) is 4.90 Å². The van der Waals surface area contributed by atoms with Gasteiger partial charge in [-0.1, -0.05) is 6.42 Å². The number of ether oxygens (including phenoxy) is 3. The van der Waals surface area contributed by atoms with E-state index < -0.39 is 21.4 Å². The molecular weight excluding hydrogens is 451 g/mol. The van der Waals surface area contributed by atoms with Crippen molar-refractivity contribution in [2.75, 3.05) is 33.4 Å². The minimum Gasteiger partial charge on any atom is -0.497 e. The Hall–Kier alpha value is -2.66. The lowest BCUT2D eigenvalue weighted by molar-refractivity contribution is -0.0500. The van der Waals surface area contributed by atoms with Gasteiger partial charge in [-0.2, -0.15) is 21.6 Å². The highest BCUT2D eigenvalue weighted by atomic mass is 32.2. The molecule has 1 heterocycles. The second-order valence-corrected chi connectivity index (χ2v) is 8.66. The van der Waals surface area contributed by atoms with Gasteiger partial charge in [0.25, 0.3) is 0 Å². The number of rotatable bonds is 9. The van der Waals surface area contributed by atoms with Crippen molar-refractivity contribution < 1.29 is 40.0 Å². The molecule has 0 aliphatic carbocycles. The summed E-state index contributed by atoms with van der Waals surface area (Å²) in [6, 6.07) is 10.1. The summed E-state index contributed by atoms with van der Waals surface area (Å²) in [6.07, 6.45) is 3.67. The van der Waals surface area contributed by atoms with Crippen LogP contribution in [-0.2, 0) is 10.1 Å². The summed E-state index contributed by atoms with van der Waals surface area (Å²) in [5.74, 6) is 0.0936. The van der Waals surface area contributed by atoms with E-state index in [1.165, 1.54) is 38.5 Å². The Kier molecular flexibility index (Phi) is 7.73. The van der Waals surface area contributed by atoms with Gasteiger partial charge in [-0.25, -0.2) is 0 Å². The van der Waals surface area contributed by atoms with E-state index in [0.717, 1.165) is 25.7 Å². The van der Waals surface area contributed by atoms with Crippen molar-refractivity contribution in [3.63, 3.8) is 0 Å². The molecule has 0 radical (unpaired) electrons. The van der Waals surface area contributed by atoms with Crippen molar-refractivity contribution >= 4 is 10.1 Å². The van der Waals surface area contributed by atoms with E-state index in [-0.39, 0.29) is 17.2 Å². The summed E-state index contributed by atoms with van der Waals surface area (Å²) in [7, 11) is -4.60. The van der Waals surface area contributed by atoms with Crippen molar-refractivity contribution in [3.05, 3.63) is 42.5 Å². The fourth-order valence-corrected chi connectivity index (χ4v) is 3.60. The van der Waals surface area contributed by atoms with Crippen LogP contribution >= 0.6 is 0 Å². The van der Waals surface area contributed by atoms with E-state index in [9.17, 15) is 21.6 Å². The van der Waals surface area contributed by atoms with E-state index in [1.54, 1.807) is 24.3 Å². The first-order valence-electron chi connectivity index (χ1n) is 10.00. The van der Waals surface area contributed by atoms with Crippen LogP contribution in [0.1, 0.15) is 19.3 Å². The standard InChI is InChI=1S/C21H24F3NO6S/c1-28-18-9-10-19(20(15-18)31-32(26,27)21(22,23)24)30-17-7-5-16(6-8-17)29-14-13-25-11-3-2-4-12-25/h5-10,15H,2-4,11-14H2,1H3. The SMILES string of the molecule is COc1ccc(Oc2ccc(OCCN3CCCCC3)cc2)c(OS(=O)(=O)C(F)(F)F)c1. The monoisotopic (exact) mass is 475 g/mol. The minimum atomic E-state index is -5.88. The molecule has 1 saturated heterocycles. The molecule has 0 N–H and O–H groups in total. The second kappa shape index (κ2) is 10.3. The van der Waals surface area contributed by atoms with E-state index in [4.69, 9.17) is 14.2 Å². The maximum atomic E-state index is 12.7. The molecule has 11 heteroatoms. The molecule has 3 rings (SSSR count). The number of halogens is 3. The summed E-state index contributed by atoms with van der Waals surface area (Å²) in [4.78, 5) is 2.35. The minimum absolute atomic E-state index is 0.0992. The Morgan fingerprint density at radius 1 is 0.906 bits per heavy atom. The molecular formula is C21H24F3NO6S. The van der Waals surface area contributed by atoms with Gasteiger partial charge < -0.3 is 18.4 Å². The Morgan fingerprint density at radius 3 is 2.16 bits per heavy atom. The van der Waals surface area contributed by atoms with Gasteiger partial charge in [0.2, 0.25) is 0 Å². The average molecular weight is 475 g/mol. The normalized spacial score (nSPS) is 15.2. The Balaban J connectivity index is 1.65. The Morgan fingerprint density at radius 2 is 1.53 bits per heavy atom. The van der Waals surface area contributed by atoms with Gasteiger partial charge in [0.05, 0.1) is 7.11 Å². The third-order valence-corrected chi connectivity index (χ3v) is 5.78. The molecule has 0 saturated carbocycles. The van der Waals surface area contributed by atoms with Crippen LogP contribution in [0.5, 0.6) is 28.7 Å². The quantitative estimate of drug-likeness (QED) is 0.388. The summed E-state index contributed by atoms with van der Waals surface area (Å²) in [5, 5.41) is 0. The third-order valence-electron chi connectivity index (χ3n) is 4.81. The van der Waals surface area contributed by atoms with Crippen LogP contribution in [-0.4, -0.2) is 52.2 Å². The third kappa shape index (κ3) is 6.42. The lowest BCUT2D eigenvalue weighted by atomic mass is 10.1. The van der Waals surface area contributed by atoms with E-state index in [1.807, 2.05) is 0 Å². The molecule has 0 atom stereocenters. The first kappa shape index (κ1) is 24.0. The van der Waals surface area contributed by atoms with Gasteiger partial charge in [-0.3, -0.25) is 4.90 Å². The van der Waals surface area contributed by atoms with Gasteiger partial charge in [0.15, 0.2) is 11.5 Å². The molecule has 1 fully saturated rings. The van der Waals surface area contributed by atoms with Crippen molar-refractivity contribution in [3.8, 4) is 28.7 Å². The van der Waals surface area contributed by atoms with Crippen molar-refractivity contribution in [2.24, 2.45) is 0 Å².